The van der Waals surface area contributed by atoms with Crippen LogP contribution >= 0.6 is 11.3 Å². The number of phenols is 4. The van der Waals surface area contributed by atoms with Crippen molar-refractivity contribution in [3.05, 3.63) is 174 Å². The number of hydrogen-bond acceptors (Lipinski definition) is 7. The molecule has 61 heavy (non-hydrogen) atoms. The number of nitrogens with zero attached hydrogens (tertiary/aromatic N) is 1. The Morgan fingerprint density at radius 1 is 0.557 bits per heavy atom. The van der Waals surface area contributed by atoms with Gasteiger partial charge in [0.05, 0.1) is 5.69 Å². The summed E-state index contributed by atoms with van der Waals surface area (Å²) < 4.78 is 9.18. The Kier molecular flexibility index (Phi) is 8.30. The van der Waals surface area contributed by atoms with Gasteiger partial charge in [0.25, 0.3) is 0 Å². The van der Waals surface area contributed by atoms with E-state index in [4.69, 9.17) is 4.42 Å². The van der Waals surface area contributed by atoms with E-state index < -0.39 is 23.0 Å². The van der Waals surface area contributed by atoms with E-state index in [9.17, 15) is 20.4 Å². The van der Waals surface area contributed by atoms with E-state index in [-0.39, 0.29) is 11.3 Å². The van der Waals surface area contributed by atoms with Crippen LogP contribution in [0.2, 0.25) is 0 Å². The maximum absolute atomic E-state index is 11.7. The van der Waals surface area contributed by atoms with E-state index in [0.717, 1.165) is 54.6 Å². The van der Waals surface area contributed by atoms with Crippen molar-refractivity contribution in [3.63, 3.8) is 0 Å². The molecule has 0 saturated carbocycles. The van der Waals surface area contributed by atoms with Crippen molar-refractivity contribution in [1.29, 1.82) is 0 Å². The predicted octanol–water partition coefficient (Wildman–Crippen LogP) is 15.1. The Morgan fingerprint density at radius 2 is 1.16 bits per heavy atom. The minimum Gasteiger partial charge on any atom is -0.504 e. The van der Waals surface area contributed by atoms with Crippen molar-refractivity contribution in [2.75, 3.05) is 4.90 Å². The van der Waals surface area contributed by atoms with Crippen LogP contribution in [0.4, 0.5) is 17.1 Å². The van der Waals surface area contributed by atoms with Crippen molar-refractivity contribution >= 4 is 114 Å². The third-order valence-corrected chi connectivity index (χ3v) is 13.1. The quantitative estimate of drug-likeness (QED) is 0.0578. The van der Waals surface area contributed by atoms with Gasteiger partial charge in [0, 0.05) is 58.4 Å². The predicted molar refractivity (Wildman–Crippen MR) is 254 cm³/mol. The van der Waals surface area contributed by atoms with Crippen LogP contribution in [0.5, 0.6) is 23.0 Å². The van der Waals surface area contributed by atoms with Crippen LogP contribution in [0.15, 0.2) is 162 Å². The standard InChI is InChI=1S/C54H37NO5S/c1-3-10-34(35-21-25-45-43(28-35)47-37-13-6-4-11-32(37)20-26-46(47)61-45)27-31-17-22-36(23-18-31)55(48-51(58)49(56)30(2)50(57)52(48)59)44-29-42-41-24-19-33-12-5-7-14-38(33)53(41)60-54(42)40-16-9-8-15-39(40)44/h3-29,56-59H,1-2H3/b10-3-,34-27+. The second-order valence-corrected chi connectivity index (χ2v) is 16.5. The van der Waals surface area contributed by atoms with Crippen LogP contribution in [-0.4, -0.2) is 20.4 Å². The smallest absolute Gasteiger partial charge is 0.186 e. The van der Waals surface area contributed by atoms with Gasteiger partial charge in [-0.05, 0) is 95.2 Å². The lowest BCUT2D eigenvalue weighted by Gasteiger charge is -2.29. The maximum Gasteiger partial charge on any atom is 0.186 e. The summed E-state index contributed by atoms with van der Waals surface area (Å²) in [7, 11) is 0. The first-order chi connectivity index (χ1) is 29.8. The molecular weight excluding hydrogens is 775 g/mol. The lowest BCUT2D eigenvalue weighted by Crippen LogP contribution is -2.11. The molecule has 0 atom stereocenters. The molecule has 11 aromatic rings. The Hall–Kier alpha value is -7.74. The summed E-state index contributed by atoms with van der Waals surface area (Å²) in [6, 6.07) is 49.4. The monoisotopic (exact) mass is 811 g/mol. The molecule has 0 fully saturated rings. The number of thiophene rings is 1. The number of benzene rings is 9. The van der Waals surface area contributed by atoms with Gasteiger partial charge in [-0.2, -0.15) is 0 Å². The lowest BCUT2D eigenvalue weighted by molar-refractivity contribution is 0.370. The fourth-order valence-corrected chi connectivity index (χ4v) is 10.0. The number of hydrogen-bond donors (Lipinski definition) is 4. The molecular formula is C54H37NO5S. The fraction of sp³-hybridized carbons (Fsp3) is 0.0370. The summed E-state index contributed by atoms with van der Waals surface area (Å²) in [5, 5.41) is 55.9. The van der Waals surface area contributed by atoms with Crippen LogP contribution in [-0.2, 0) is 0 Å². The fourth-order valence-electron chi connectivity index (χ4n) is 8.93. The largest absolute Gasteiger partial charge is 0.504 e. The van der Waals surface area contributed by atoms with Crippen molar-refractivity contribution in [1.82, 2.24) is 0 Å². The molecule has 4 N–H and O–H groups in total. The Balaban J connectivity index is 1.10. The first kappa shape index (κ1) is 36.3. The summed E-state index contributed by atoms with van der Waals surface area (Å²) in [6.45, 7) is 3.45. The second kappa shape index (κ2) is 13.9. The van der Waals surface area contributed by atoms with E-state index in [1.807, 2.05) is 97.1 Å². The highest BCUT2D eigenvalue weighted by atomic mass is 32.1. The SMILES string of the molecule is C/C=C\C(=C/c1ccc(N(c2c(O)c(O)c(C)c(O)c2O)c2cc3c4ccc5ccccc5c4oc3c3ccccc23)cc1)c1ccc2sc3ccc4ccccc4c3c2c1. The molecule has 0 radical (unpaired) electrons. The van der Waals surface area contributed by atoms with Crippen LogP contribution < -0.4 is 4.90 Å². The molecule has 6 nitrogen and oxygen atoms in total. The molecule has 294 valence electrons. The van der Waals surface area contributed by atoms with Gasteiger partial charge in [-0.3, -0.25) is 0 Å². The highest BCUT2D eigenvalue weighted by molar-refractivity contribution is 7.26. The molecule has 11 rings (SSSR count). The van der Waals surface area contributed by atoms with E-state index in [0.29, 0.717) is 17.0 Å². The van der Waals surface area contributed by atoms with E-state index in [1.165, 1.54) is 37.9 Å². The van der Waals surface area contributed by atoms with Gasteiger partial charge < -0.3 is 29.7 Å². The zero-order valence-corrected chi connectivity index (χ0v) is 34.0. The van der Waals surface area contributed by atoms with Crippen LogP contribution in [0.25, 0.3) is 86.1 Å². The number of phenolic OH excluding ortho intramolecular Hbond substituents is 4. The van der Waals surface area contributed by atoms with Crippen molar-refractivity contribution in [2.45, 2.75) is 13.8 Å². The summed E-state index contributed by atoms with van der Waals surface area (Å²) in [5.41, 5.74) is 5.47. The molecule has 0 spiro atoms. The zero-order chi connectivity index (χ0) is 41.5. The Morgan fingerprint density at radius 3 is 1.90 bits per heavy atom. The van der Waals surface area contributed by atoms with Gasteiger partial charge in [-0.1, -0.05) is 115 Å². The second-order valence-electron chi connectivity index (χ2n) is 15.5. The van der Waals surface area contributed by atoms with Gasteiger partial charge in [0.2, 0.25) is 0 Å². The Labute approximate surface area is 354 Å². The topological polar surface area (TPSA) is 97.3 Å². The minimum atomic E-state index is -0.566. The zero-order valence-electron chi connectivity index (χ0n) is 33.1. The molecule has 0 saturated heterocycles. The van der Waals surface area contributed by atoms with E-state index in [2.05, 4.69) is 84.9 Å². The van der Waals surface area contributed by atoms with Crippen LogP contribution in [0.3, 0.4) is 0 Å². The molecule has 2 heterocycles. The number of fused-ring (bicyclic) bond motifs is 12. The number of allylic oxidation sites excluding steroid dienone is 3. The highest BCUT2D eigenvalue weighted by Gasteiger charge is 2.30. The number of rotatable bonds is 6. The lowest BCUT2D eigenvalue weighted by atomic mass is 9.98. The molecule has 0 unspecified atom stereocenters. The van der Waals surface area contributed by atoms with Gasteiger partial charge in [-0.15, -0.1) is 11.3 Å². The van der Waals surface area contributed by atoms with Gasteiger partial charge in [0.15, 0.2) is 23.0 Å². The van der Waals surface area contributed by atoms with E-state index >= 15 is 0 Å². The van der Waals surface area contributed by atoms with Crippen LogP contribution in [0.1, 0.15) is 23.6 Å². The average Bonchev–Trinajstić information content (AvgIpc) is 3.88. The van der Waals surface area contributed by atoms with Gasteiger partial charge >= 0.3 is 0 Å². The molecule has 0 bridgehead atoms. The number of furan rings is 1. The molecule has 0 aliphatic carbocycles. The van der Waals surface area contributed by atoms with Crippen LogP contribution in [0, 0.1) is 6.92 Å². The van der Waals surface area contributed by atoms with Crippen molar-refractivity contribution in [3.8, 4) is 23.0 Å². The normalized spacial score (nSPS) is 12.4. The van der Waals surface area contributed by atoms with E-state index in [1.54, 1.807) is 4.90 Å². The molecule has 2 aromatic heterocycles. The summed E-state index contributed by atoms with van der Waals surface area (Å²) in [6.07, 6.45) is 6.30. The minimum absolute atomic E-state index is 0.0365. The average molecular weight is 812 g/mol. The first-order valence-electron chi connectivity index (χ1n) is 20.1. The molecule has 0 aliphatic heterocycles. The van der Waals surface area contributed by atoms with Crippen molar-refractivity contribution in [2.24, 2.45) is 0 Å². The summed E-state index contributed by atoms with van der Waals surface area (Å²) >= 11 is 1.81. The third-order valence-electron chi connectivity index (χ3n) is 11.9. The van der Waals surface area contributed by atoms with Crippen molar-refractivity contribution < 1.29 is 24.8 Å². The molecule has 7 heteroatoms. The number of anilines is 3. The summed E-state index contributed by atoms with van der Waals surface area (Å²) in [5.74, 6) is -2.19. The highest BCUT2D eigenvalue weighted by Crippen LogP contribution is 2.56. The molecule has 0 aliphatic rings. The third kappa shape index (κ3) is 5.62. The van der Waals surface area contributed by atoms with Gasteiger partial charge in [0.1, 0.15) is 16.9 Å². The summed E-state index contributed by atoms with van der Waals surface area (Å²) in [4.78, 5) is 1.69. The maximum atomic E-state index is 11.7. The Bertz CT molecular complexity index is 3640. The molecule has 0 amide bonds. The number of aromatic hydroxyl groups is 4. The molecule has 9 aromatic carbocycles. The first-order valence-corrected chi connectivity index (χ1v) is 20.9. The van der Waals surface area contributed by atoms with Gasteiger partial charge in [-0.25, -0.2) is 0 Å².